The summed E-state index contributed by atoms with van der Waals surface area (Å²) in [5, 5.41) is 3.42. The first-order valence-corrected chi connectivity index (χ1v) is 9.80. The number of nitrogens with one attached hydrogen (secondary N) is 1. The topological polar surface area (TPSA) is 30.9 Å². The van der Waals surface area contributed by atoms with Crippen LogP contribution >= 0.6 is 39.9 Å². The van der Waals surface area contributed by atoms with Crippen molar-refractivity contribution in [3.05, 3.63) is 34.3 Å². The molecule has 1 aromatic carbocycles. The lowest BCUT2D eigenvalue weighted by Crippen LogP contribution is -2.38. The van der Waals surface area contributed by atoms with Crippen LogP contribution in [0.15, 0.2) is 33.7 Å². The number of piperidine rings is 1. The fraction of sp³-hybridized carbons (Fsp3) is 0.632. The monoisotopic (exact) mass is 522 g/mol. The minimum absolute atomic E-state index is 0. The number of benzene rings is 1. The van der Waals surface area contributed by atoms with E-state index in [4.69, 9.17) is 4.99 Å². The molecule has 0 unspecified atom stereocenters. The van der Waals surface area contributed by atoms with Gasteiger partial charge in [-0.2, -0.15) is 0 Å². The molecule has 0 bridgehead atoms. The van der Waals surface area contributed by atoms with Gasteiger partial charge in [-0.05, 0) is 63.9 Å². The van der Waals surface area contributed by atoms with E-state index in [2.05, 4.69) is 76.3 Å². The molecule has 142 valence electrons. The predicted molar refractivity (Wildman–Crippen MR) is 122 cm³/mol. The first-order valence-electron chi connectivity index (χ1n) is 9.01. The molecule has 1 aromatic rings. The zero-order chi connectivity index (χ0) is 17.4. The van der Waals surface area contributed by atoms with Crippen molar-refractivity contribution >= 4 is 45.9 Å². The fourth-order valence-electron chi connectivity index (χ4n) is 3.13. The molecule has 4 nitrogen and oxygen atoms in total. The Balaban J connectivity index is 0.00000312. The van der Waals surface area contributed by atoms with E-state index in [0.717, 1.165) is 36.0 Å². The van der Waals surface area contributed by atoms with Crippen LogP contribution in [0.5, 0.6) is 0 Å². The lowest BCUT2D eigenvalue weighted by Gasteiger charge is -2.28. The molecule has 0 radical (unpaired) electrons. The molecule has 1 heterocycles. The van der Waals surface area contributed by atoms with E-state index in [1.165, 1.54) is 37.9 Å². The van der Waals surface area contributed by atoms with Crippen LogP contribution in [0.1, 0.15) is 31.7 Å². The summed E-state index contributed by atoms with van der Waals surface area (Å²) in [5.74, 6) is 1.84. The Kier molecular flexibility index (Phi) is 11.0. The van der Waals surface area contributed by atoms with Gasteiger partial charge in [0.25, 0.3) is 0 Å². The standard InChI is InChI=1S/C19H31BrN4.HI/c1-4-21-19(22-12-9-16-10-13-23(2)14-11-16)24(3)15-17-7-5-6-8-18(17)20;/h5-8,16H,4,9-15H2,1-3H3,(H,21,22);1H. The second-order valence-electron chi connectivity index (χ2n) is 6.72. The van der Waals surface area contributed by atoms with Crippen molar-refractivity contribution in [1.29, 1.82) is 0 Å². The summed E-state index contributed by atoms with van der Waals surface area (Å²) in [6.45, 7) is 7.25. The lowest BCUT2D eigenvalue weighted by molar-refractivity contribution is 0.214. The molecule has 1 aliphatic heterocycles. The third-order valence-corrected chi connectivity index (χ3v) is 5.47. The van der Waals surface area contributed by atoms with Crippen molar-refractivity contribution in [1.82, 2.24) is 15.1 Å². The highest BCUT2D eigenvalue weighted by Gasteiger charge is 2.16. The van der Waals surface area contributed by atoms with Crippen molar-refractivity contribution in [3.8, 4) is 0 Å². The molecule has 0 spiro atoms. The van der Waals surface area contributed by atoms with Crippen LogP contribution in [0.4, 0.5) is 0 Å². The highest BCUT2D eigenvalue weighted by molar-refractivity contribution is 14.0. The number of rotatable bonds is 6. The SMILES string of the molecule is CCNC(=NCCC1CCN(C)CC1)N(C)Cc1ccccc1Br.I. The molecular formula is C19H32BrIN4. The minimum Gasteiger partial charge on any atom is -0.357 e. The van der Waals surface area contributed by atoms with Crippen LogP contribution in [0, 0.1) is 5.92 Å². The van der Waals surface area contributed by atoms with Crippen LogP contribution in [0.2, 0.25) is 0 Å². The number of guanidine groups is 1. The maximum Gasteiger partial charge on any atom is 0.193 e. The molecule has 1 saturated heterocycles. The van der Waals surface area contributed by atoms with E-state index in [0.29, 0.717) is 0 Å². The summed E-state index contributed by atoms with van der Waals surface area (Å²) < 4.78 is 1.15. The largest absolute Gasteiger partial charge is 0.357 e. The number of halogens is 2. The molecule has 0 saturated carbocycles. The predicted octanol–water partition coefficient (Wildman–Crippen LogP) is 4.20. The van der Waals surface area contributed by atoms with Crippen molar-refractivity contribution in [2.75, 3.05) is 40.3 Å². The summed E-state index contributed by atoms with van der Waals surface area (Å²) in [6, 6.07) is 8.38. The average Bonchev–Trinajstić information content (AvgIpc) is 2.58. The van der Waals surface area contributed by atoms with Crippen LogP contribution in [-0.4, -0.2) is 56.0 Å². The highest BCUT2D eigenvalue weighted by Crippen LogP contribution is 2.20. The van der Waals surface area contributed by atoms with Gasteiger partial charge in [-0.25, -0.2) is 0 Å². The van der Waals surface area contributed by atoms with Crippen molar-refractivity contribution < 1.29 is 0 Å². The summed E-state index contributed by atoms with van der Waals surface area (Å²) >= 11 is 3.63. The van der Waals surface area contributed by atoms with Gasteiger partial charge in [0.15, 0.2) is 5.96 Å². The number of aliphatic imine (C=N–C) groups is 1. The van der Waals surface area contributed by atoms with Crippen LogP contribution in [0.25, 0.3) is 0 Å². The van der Waals surface area contributed by atoms with Crippen molar-refractivity contribution in [2.45, 2.75) is 32.7 Å². The maximum absolute atomic E-state index is 4.85. The number of likely N-dealkylation sites (tertiary alicyclic amines) is 1. The van der Waals surface area contributed by atoms with Gasteiger partial charge in [0.1, 0.15) is 0 Å². The second-order valence-corrected chi connectivity index (χ2v) is 7.57. The Labute approximate surface area is 178 Å². The minimum atomic E-state index is 0. The Morgan fingerprint density at radius 3 is 2.64 bits per heavy atom. The van der Waals surface area contributed by atoms with Gasteiger partial charge in [-0.1, -0.05) is 34.1 Å². The van der Waals surface area contributed by atoms with Gasteiger partial charge in [-0.15, -0.1) is 24.0 Å². The smallest absolute Gasteiger partial charge is 0.193 e. The molecule has 2 rings (SSSR count). The molecule has 25 heavy (non-hydrogen) atoms. The van der Waals surface area contributed by atoms with E-state index in [9.17, 15) is 0 Å². The van der Waals surface area contributed by atoms with Crippen LogP contribution in [0.3, 0.4) is 0 Å². The number of nitrogens with zero attached hydrogens (tertiary/aromatic N) is 3. The fourth-order valence-corrected chi connectivity index (χ4v) is 3.54. The number of hydrogen-bond donors (Lipinski definition) is 1. The Morgan fingerprint density at radius 1 is 1.32 bits per heavy atom. The van der Waals surface area contributed by atoms with Gasteiger partial charge < -0.3 is 15.1 Å². The molecule has 0 amide bonds. The van der Waals surface area contributed by atoms with Gasteiger partial charge >= 0.3 is 0 Å². The molecule has 6 heteroatoms. The summed E-state index contributed by atoms with van der Waals surface area (Å²) in [6.07, 6.45) is 3.83. The first-order chi connectivity index (χ1) is 11.6. The second kappa shape index (κ2) is 12.1. The molecular weight excluding hydrogens is 491 g/mol. The van der Waals surface area contributed by atoms with Gasteiger partial charge in [0, 0.05) is 31.2 Å². The van der Waals surface area contributed by atoms with Gasteiger partial charge in [0.05, 0.1) is 0 Å². The molecule has 0 aliphatic carbocycles. The third-order valence-electron chi connectivity index (χ3n) is 4.70. The third kappa shape index (κ3) is 7.83. The number of hydrogen-bond acceptors (Lipinski definition) is 2. The Hall–Kier alpha value is -0.340. The van der Waals surface area contributed by atoms with Gasteiger partial charge in [0.2, 0.25) is 0 Å². The van der Waals surface area contributed by atoms with Crippen LogP contribution < -0.4 is 5.32 Å². The van der Waals surface area contributed by atoms with E-state index in [1.54, 1.807) is 0 Å². The molecule has 1 aliphatic rings. The molecule has 0 atom stereocenters. The summed E-state index contributed by atoms with van der Waals surface area (Å²) in [4.78, 5) is 9.49. The Bertz CT molecular complexity index is 530. The first kappa shape index (κ1) is 22.7. The molecule has 1 fully saturated rings. The quantitative estimate of drug-likeness (QED) is 0.345. The lowest BCUT2D eigenvalue weighted by atomic mass is 9.94. The Morgan fingerprint density at radius 2 is 2.00 bits per heavy atom. The molecule has 0 aromatic heterocycles. The van der Waals surface area contributed by atoms with E-state index in [-0.39, 0.29) is 24.0 Å². The molecule has 1 N–H and O–H groups in total. The van der Waals surface area contributed by atoms with E-state index < -0.39 is 0 Å². The maximum atomic E-state index is 4.85. The highest BCUT2D eigenvalue weighted by atomic mass is 127. The van der Waals surface area contributed by atoms with E-state index >= 15 is 0 Å². The normalized spacial score (nSPS) is 16.4. The summed E-state index contributed by atoms with van der Waals surface area (Å²) in [5.41, 5.74) is 1.28. The zero-order valence-electron chi connectivity index (χ0n) is 15.7. The van der Waals surface area contributed by atoms with Crippen LogP contribution in [-0.2, 0) is 6.54 Å². The summed E-state index contributed by atoms with van der Waals surface area (Å²) in [7, 11) is 4.32. The van der Waals surface area contributed by atoms with E-state index in [1.807, 2.05) is 0 Å². The van der Waals surface area contributed by atoms with Crippen molar-refractivity contribution in [2.24, 2.45) is 10.9 Å². The average molecular weight is 523 g/mol. The zero-order valence-corrected chi connectivity index (χ0v) is 19.6. The van der Waals surface area contributed by atoms with Crippen molar-refractivity contribution in [3.63, 3.8) is 0 Å². The van der Waals surface area contributed by atoms with Gasteiger partial charge in [-0.3, -0.25) is 4.99 Å².